The lowest BCUT2D eigenvalue weighted by atomic mass is 9.93. The van der Waals surface area contributed by atoms with Gasteiger partial charge in [-0.05, 0) is 45.0 Å². The predicted molar refractivity (Wildman–Crippen MR) is 93.1 cm³/mol. The molecule has 5 nitrogen and oxygen atoms in total. The van der Waals surface area contributed by atoms with Gasteiger partial charge in [0.25, 0.3) is 5.56 Å². The third kappa shape index (κ3) is 3.12. The largest absolute Gasteiger partial charge is 0.460 e. The summed E-state index contributed by atoms with van der Waals surface area (Å²) in [4.78, 5) is 21.3. The van der Waals surface area contributed by atoms with Gasteiger partial charge in [0.05, 0.1) is 12.2 Å². The van der Waals surface area contributed by atoms with E-state index >= 15 is 0 Å². The predicted octanol–water partition coefficient (Wildman–Crippen LogP) is 3.20. The number of furan rings is 1. The van der Waals surface area contributed by atoms with Crippen LogP contribution in [-0.4, -0.2) is 28.0 Å². The van der Waals surface area contributed by atoms with E-state index in [1.54, 1.807) is 6.07 Å². The molecule has 0 unspecified atom stereocenters. The van der Waals surface area contributed by atoms with Gasteiger partial charge in [0.2, 0.25) is 0 Å². The second-order valence-electron chi connectivity index (χ2n) is 6.56. The summed E-state index contributed by atoms with van der Waals surface area (Å²) >= 11 is 0. The number of H-pyrrole nitrogens is 1. The molecule has 3 heterocycles. The summed E-state index contributed by atoms with van der Waals surface area (Å²) in [5, 5.41) is 1.16. The first-order valence-corrected chi connectivity index (χ1v) is 8.45. The van der Waals surface area contributed by atoms with Crippen LogP contribution in [0.3, 0.4) is 0 Å². The average molecular weight is 323 g/mol. The van der Waals surface area contributed by atoms with Gasteiger partial charge in [-0.3, -0.25) is 9.69 Å². The Kier molecular flexibility index (Phi) is 3.94. The third-order valence-corrected chi connectivity index (χ3v) is 4.74. The van der Waals surface area contributed by atoms with E-state index in [0.717, 1.165) is 54.9 Å². The zero-order valence-corrected chi connectivity index (χ0v) is 13.8. The Morgan fingerprint density at radius 1 is 1.25 bits per heavy atom. The van der Waals surface area contributed by atoms with Crippen molar-refractivity contribution in [2.24, 2.45) is 0 Å². The van der Waals surface area contributed by atoms with E-state index in [1.807, 2.05) is 25.1 Å². The van der Waals surface area contributed by atoms with Crippen LogP contribution in [0.5, 0.6) is 0 Å². The molecule has 1 aromatic carbocycles. The van der Waals surface area contributed by atoms with Crippen LogP contribution in [-0.2, 0) is 6.54 Å². The number of hydrogen-bond acceptors (Lipinski definition) is 4. The monoisotopic (exact) mass is 323 g/mol. The summed E-state index contributed by atoms with van der Waals surface area (Å²) in [6.07, 6.45) is 2.05. The molecule has 0 amide bonds. The second kappa shape index (κ2) is 6.24. The molecule has 1 fully saturated rings. The lowest BCUT2D eigenvalue weighted by molar-refractivity contribution is 0.191. The van der Waals surface area contributed by atoms with Crippen LogP contribution in [0.2, 0.25) is 0 Å². The smallest absolute Gasteiger partial charge is 0.251 e. The number of piperidine rings is 1. The highest BCUT2D eigenvalue weighted by atomic mass is 16.3. The van der Waals surface area contributed by atoms with Gasteiger partial charge in [-0.15, -0.1) is 0 Å². The highest BCUT2D eigenvalue weighted by molar-refractivity contribution is 5.77. The standard InChI is InChI=1S/C19H21N3O2/c1-13-20-17(11-19(23)21-13)14-6-8-22(9-7-14)12-16-10-15-4-2-3-5-18(15)24-16/h2-5,10-11,14H,6-9,12H2,1H3,(H,20,21,23). The maximum Gasteiger partial charge on any atom is 0.251 e. The quantitative estimate of drug-likeness (QED) is 0.804. The molecular formula is C19H21N3O2. The van der Waals surface area contributed by atoms with Crippen LogP contribution in [0, 0.1) is 6.92 Å². The van der Waals surface area contributed by atoms with Gasteiger partial charge in [0, 0.05) is 17.4 Å². The Labute approximate surface area is 140 Å². The fraction of sp³-hybridized carbons (Fsp3) is 0.368. The molecule has 0 radical (unpaired) electrons. The van der Waals surface area contributed by atoms with E-state index in [-0.39, 0.29) is 5.56 Å². The molecule has 1 aliphatic rings. The molecule has 0 bridgehead atoms. The Hall–Kier alpha value is -2.40. The van der Waals surface area contributed by atoms with Gasteiger partial charge >= 0.3 is 0 Å². The summed E-state index contributed by atoms with van der Waals surface area (Å²) in [5.74, 6) is 2.08. The van der Waals surface area contributed by atoms with Crippen LogP contribution >= 0.6 is 0 Å². The summed E-state index contributed by atoms with van der Waals surface area (Å²) in [6, 6.07) is 11.9. The van der Waals surface area contributed by atoms with Gasteiger partial charge < -0.3 is 9.40 Å². The Bertz CT molecular complexity index is 871. The minimum Gasteiger partial charge on any atom is -0.460 e. The normalized spacial score (nSPS) is 16.7. The molecule has 1 saturated heterocycles. The van der Waals surface area contributed by atoms with Crippen LogP contribution < -0.4 is 5.56 Å². The number of rotatable bonds is 3. The van der Waals surface area contributed by atoms with Crippen molar-refractivity contribution >= 4 is 11.0 Å². The number of aromatic nitrogens is 2. The number of hydrogen-bond donors (Lipinski definition) is 1. The maximum atomic E-state index is 11.6. The van der Waals surface area contributed by atoms with Gasteiger partial charge in [0.1, 0.15) is 17.2 Å². The highest BCUT2D eigenvalue weighted by Gasteiger charge is 2.23. The van der Waals surface area contributed by atoms with Crippen molar-refractivity contribution in [1.29, 1.82) is 0 Å². The van der Waals surface area contributed by atoms with E-state index < -0.39 is 0 Å². The molecule has 0 spiro atoms. The first kappa shape index (κ1) is 15.1. The lowest BCUT2D eigenvalue weighted by Gasteiger charge is -2.31. The first-order valence-electron chi connectivity index (χ1n) is 8.45. The number of para-hydroxylation sites is 1. The summed E-state index contributed by atoms with van der Waals surface area (Å²) in [7, 11) is 0. The van der Waals surface area contributed by atoms with E-state index in [1.165, 1.54) is 0 Å². The van der Waals surface area contributed by atoms with E-state index in [4.69, 9.17) is 4.42 Å². The van der Waals surface area contributed by atoms with Gasteiger partial charge in [0.15, 0.2) is 0 Å². The second-order valence-corrected chi connectivity index (χ2v) is 6.56. The fourth-order valence-electron chi connectivity index (χ4n) is 3.53. The number of aryl methyl sites for hydroxylation is 1. The van der Waals surface area contributed by atoms with E-state index in [9.17, 15) is 4.79 Å². The van der Waals surface area contributed by atoms with Gasteiger partial charge in [-0.1, -0.05) is 18.2 Å². The number of benzene rings is 1. The molecule has 5 heteroatoms. The molecule has 2 aromatic heterocycles. The Balaban J connectivity index is 1.41. The average Bonchev–Trinajstić information content (AvgIpc) is 2.97. The lowest BCUT2D eigenvalue weighted by Crippen LogP contribution is -2.33. The zero-order valence-electron chi connectivity index (χ0n) is 13.8. The number of aromatic amines is 1. The van der Waals surface area contributed by atoms with Crippen molar-refractivity contribution in [3.63, 3.8) is 0 Å². The maximum absolute atomic E-state index is 11.6. The van der Waals surface area contributed by atoms with Gasteiger partial charge in [-0.25, -0.2) is 4.98 Å². The minimum atomic E-state index is -0.0535. The third-order valence-electron chi connectivity index (χ3n) is 4.74. The van der Waals surface area contributed by atoms with Crippen molar-refractivity contribution in [2.45, 2.75) is 32.2 Å². The molecule has 1 N–H and O–H groups in total. The van der Waals surface area contributed by atoms with Crippen LogP contribution in [0.15, 0.2) is 45.6 Å². The summed E-state index contributed by atoms with van der Waals surface area (Å²) in [5.41, 5.74) is 1.83. The molecule has 24 heavy (non-hydrogen) atoms. The van der Waals surface area contributed by atoms with Gasteiger partial charge in [-0.2, -0.15) is 0 Å². The number of fused-ring (bicyclic) bond motifs is 1. The molecular weight excluding hydrogens is 302 g/mol. The molecule has 3 aromatic rings. The molecule has 0 aliphatic carbocycles. The summed E-state index contributed by atoms with van der Waals surface area (Å²) in [6.45, 7) is 4.66. The number of nitrogens with zero attached hydrogens (tertiary/aromatic N) is 2. The van der Waals surface area contributed by atoms with Crippen molar-refractivity contribution in [3.05, 3.63) is 64.0 Å². The van der Waals surface area contributed by atoms with E-state index in [2.05, 4.69) is 27.0 Å². The van der Waals surface area contributed by atoms with Crippen LogP contribution in [0.25, 0.3) is 11.0 Å². The molecule has 0 atom stereocenters. The van der Waals surface area contributed by atoms with E-state index in [0.29, 0.717) is 11.7 Å². The first-order chi connectivity index (χ1) is 11.7. The van der Waals surface area contributed by atoms with Crippen molar-refractivity contribution in [2.75, 3.05) is 13.1 Å². The number of nitrogens with one attached hydrogen (secondary N) is 1. The molecule has 4 rings (SSSR count). The minimum absolute atomic E-state index is 0.0535. The SMILES string of the molecule is Cc1nc(C2CCN(Cc3cc4ccccc4o3)CC2)cc(=O)[nH]1. The molecule has 1 aliphatic heterocycles. The van der Waals surface area contributed by atoms with Crippen molar-refractivity contribution < 1.29 is 4.42 Å². The summed E-state index contributed by atoms with van der Waals surface area (Å²) < 4.78 is 5.91. The topological polar surface area (TPSA) is 62.1 Å². The van der Waals surface area contributed by atoms with Crippen LogP contribution in [0.4, 0.5) is 0 Å². The molecule has 124 valence electrons. The van der Waals surface area contributed by atoms with Crippen molar-refractivity contribution in [1.82, 2.24) is 14.9 Å². The molecule has 0 saturated carbocycles. The fourth-order valence-corrected chi connectivity index (χ4v) is 3.53. The highest BCUT2D eigenvalue weighted by Crippen LogP contribution is 2.27. The number of likely N-dealkylation sites (tertiary alicyclic amines) is 1. The zero-order chi connectivity index (χ0) is 16.5. The van der Waals surface area contributed by atoms with Crippen LogP contribution in [0.1, 0.15) is 36.0 Å². The Morgan fingerprint density at radius 2 is 2.04 bits per heavy atom. The Morgan fingerprint density at radius 3 is 2.79 bits per heavy atom. The van der Waals surface area contributed by atoms with Crippen molar-refractivity contribution in [3.8, 4) is 0 Å².